The molecule has 0 fully saturated rings. The zero-order valence-electron chi connectivity index (χ0n) is 14.7. The summed E-state index contributed by atoms with van der Waals surface area (Å²) in [6.45, 7) is 2.10. The van der Waals surface area contributed by atoms with Gasteiger partial charge in [0.25, 0.3) is 5.91 Å². The molecule has 27 heavy (non-hydrogen) atoms. The van der Waals surface area contributed by atoms with Crippen LogP contribution in [0.3, 0.4) is 0 Å². The molecule has 1 heterocycles. The van der Waals surface area contributed by atoms with Crippen molar-refractivity contribution in [3.8, 4) is 11.3 Å². The Kier molecular flexibility index (Phi) is 5.05. The van der Waals surface area contributed by atoms with Gasteiger partial charge in [-0.05, 0) is 35.4 Å². The first-order valence-corrected chi connectivity index (χ1v) is 10.3. The van der Waals surface area contributed by atoms with Gasteiger partial charge in [0, 0.05) is 20.5 Å². The molecule has 1 N–H and O–H groups in total. The van der Waals surface area contributed by atoms with Crippen LogP contribution in [0.2, 0.25) is 0 Å². The van der Waals surface area contributed by atoms with Gasteiger partial charge in [0.2, 0.25) is 0 Å². The third kappa shape index (κ3) is 3.66. The molecule has 0 bridgehead atoms. The highest BCUT2D eigenvalue weighted by Crippen LogP contribution is 2.32. The maximum atomic E-state index is 12.9. The van der Waals surface area contributed by atoms with E-state index in [-0.39, 0.29) is 5.91 Å². The monoisotopic (exact) mass is 436 g/mol. The number of nitrogens with one attached hydrogen (secondary N) is 1. The average Bonchev–Trinajstić information content (AvgIpc) is 3.10. The summed E-state index contributed by atoms with van der Waals surface area (Å²) in [4.78, 5) is 18.7. The van der Waals surface area contributed by atoms with Crippen LogP contribution in [0.25, 0.3) is 22.0 Å². The van der Waals surface area contributed by atoms with Crippen molar-refractivity contribution in [3.63, 3.8) is 0 Å². The molecule has 0 aliphatic carbocycles. The first-order valence-electron chi connectivity index (χ1n) is 8.70. The zero-order chi connectivity index (χ0) is 18.8. The minimum absolute atomic E-state index is 0.134. The van der Waals surface area contributed by atoms with Crippen LogP contribution in [0.5, 0.6) is 0 Å². The van der Waals surface area contributed by atoms with E-state index >= 15 is 0 Å². The van der Waals surface area contributed by atoms with E-state index in [2.05, 4.69) is 28.2 Å². The number of nitrogens with zero attached hydrogens (tertiary/aromatic N) is 1. The molecule has 3 aromatic carbocycles. The van der Waals surface area contributed by atoms with E-state index in [0.717, 1.165) is 37.8 Å². The Morgan fingerprint density at radius 3 is 2.56 bits per heavy atom. The fourth-order valence-corrected chi connectivity index (χ4v) is 4.25. The second-order valence-electron chi connectivity index (χ2n) is 6.13. The minimum Gasteiger partial charge on any atom is -0.298 e. The van der Waals surface area contributed by atoms with E-state index in [4.69, 9.17) is 4.98 Å². The summed E-state index contributed by atoms with van der Waals surface area (Å²) in [5.41, 5.74) is 2.65. The van der Waals surface area contributed by atoms with Crippen molar-refractivity contribution in [2.75, 3.05) is 5.32 Å². The van der Waals surface area contributed by atoms with Crippen LogP contribution in [0.15, 0.2) is 71.2 Å². The van der Waals surface area contributed by atoms with Crippen molar-refractivity contribution < 1.29 is 4.79 Å². The molecule has 0 saturated heterocycles. The number of amides is 1. The van der Waals surface area contributed by atoms with Crippen LogP contribution in [0.1, 0.15) is 22.2 Å². The molecule has 0 spiro atoms. The number of aryl methyl sites for hydroxylation is 1. The van der Waals surface area contributed by atoms with E-state index in [9.17, 15) is 4.79 Å². The van der Waals surface area contributed by atoms with Crippen LogP contribution in [0.4, 0.5) is 5.13 Å². The molecule has 5 heteroatoms. The van der Waals surface area contributed by atoms with Crippen molar-refractivity contribution in [3.05, 3.63) is 81.6 Å². The van der Waals surface area contributed by atoms with E-state index in [1.54, 1.807) is 0 Å². The number of hydrogen-bond donors (Lipinski definition) is 1. The van der Waals surface area contributed by atoms with Gasteiger partial charge in [0.05, 0.1) is 5.69 Å². The lowest BCUT2D eigenvalue weighted by Gasteiger charge is -2.06. The van der Waals surface area contributed by atoms with Gasteiger partial charge in [-0.1, -0.05) is 71.4 Å². The first kappa shape index (κ1) is 17.9. The fourth-order valence-electron chi connectivity index (χ4n) is 3.07. The maximum absolute atomic E-state index is 12.9. The fraction of sp³-hybridized carbons (Fsp3) is 0.0909. The number of benzene rings is 3. The predicted molar refractivity (Wildman–Crippen MR) is 117 cm³/mol. The minimum atomic E-state index is -0.134. The van der Waals surface area contributed by atoms with Crippen molar-refractivity contribution in [1.29, 1.82) is 0 Å². The normalized spacial score (nSPS) is 10.9. The van der Waals surface area contributed by atoms with Gasteiger partial charge in [-0.25, -0.2) is 4.98 Å². The molecule has 4 rings (SSSR count). The topological polar surface area (TPSA) is 42.0 Å². The molecule has 0 atom stereocenters. The van der Waals surface area contributed by atoms with Crippen LogP contribution in [-0.4, -0.2) is 10.9 Å². The highest BCUT2D eigenvalue weighted by molar-refractivity contribution is 9.10. The quantitative estimate of drug-likeness (QED) is 0.394. The van der Waals surface area contributed by atoms with E-state index in [1.807, 2.05) is 66.7 Å². The predicted octanol–water partition coefficient (Wildman–Crippen LogP) is 6.54. The van der Waals surface area contributed by atoms with Gasteiger partial charge in [-0.2, -0.15) is 0 Å². The van der Waals surface area contributed by atoms with Crippen LogP contribution >= 0.6 is 27.3 Å². The smallest absolute Gasteiger partial charge is 0.258 e. The lowest BCUT2D eigenvalue weighted by atomic mass is 10.0. The van der Waals surface area contributed by atoms with E-state index < -0.39 is 0 Å². The summed E-state index contributed by atoms with van der Waals surface area (Å²) < 4.78 is 1.03. The molecule has 1 aromatic heterocycles. The van der Waals surface area contributed by atoms with Crippen molar-refractivity contribution in [2.45, 2.75) is 13.3 Å². The number of aromatic nitrogens is 1. The summed E-state index contributed by atoms with van der Waals surface area (Å²) in [5, 5.41) is 5.61. The summed E-state index contributed by atoms with van der Waals surface area (Å²) >= 11 is 4.99. The Morgan fingerprint density at radius 2 is 1.78 bits per heavy atom. The first-order chi connectivity index (χ1) is 13.2. The van der Waals surface area contributed by atoms with E-state index in [0.29, 0.717) is 10.7 Å². The maximum Gasteiger partial charge on any atom is 0.258 e. The van der Waals surface area contributed by atoms with Gasteiger partial charge in [0.15, 0.2) is 5.13 Å². The van der Waals surface area contributed by atoms with Gasteiger partial charge >= 0.3 is 0 Å². The lowest BCUT2D eigenvalue weighted by Crippen LogP contribution is -2.12. The van der Waals surface area contributed by atoms with Crippen molar-refractivity contribution in [1.82, 2.24) is 4.98 Å². The van der Waals surface area contributed by atoms with E-state index in [1.165, 1.54) is 11.3 Å². The summed E-state index contributed by atoms with van der Waals surface area (Å²) in [6, 6.07) is 21.7. The van der Waals surface area contributed by atoms with Crippen molar-refractivity contribution in [2.24, 2.45) is 0 Å². The number of rotatable bonds is 4. The highest BCUT2D eigenvalue weighted by Gasteiger charge is 2.16. The van der Waals surface area contributed by atoms with Crippen LogP contribution in [0, 0.1) is 0 Å². The number of fused-ring (bicyclic) bond motifs is 1. The molecule has 3 nitrogen and oxygen atoms in total. The number of hydrogen-bond acceptors (Lipinski definition) is 3. The zero-order valence-corrected chi connectivity index (χ0v) is 17.1. The van der Waals surface area contributed by atoms with Gasteiger partial charge < -0.3 is 0 Å². The molecule has 134 valence electrons. The molecule has 0 aliphatic rings. The molecule has 0 saturated carbocycles. The molecule has 0 radical (unpaired) electrons. The third-order valence-corrected chi connectivity index (χ3v) is 6.03. The summed E-state index contributed by atoms with van der Waals surface area (Å²) in [6.07, 6.45) is 0.868. The lowest BCUT2D eigenvalue weighted by molar-refractivity contribution is 0.102. The molecular weight excluding hydrogens is 420 g/mol. The second kappa shape index (κ2) is 7.62. The Morgan fingerprint density at radius 1 is 1.04 bits per heavy atom. The summed E-state index contributed by atoms with van der Waals surface area (Å²) in [5.74, 6) is -0.134. The number of carbonyl (C=O) groups excluding carboxylic acids is 1. The third-order valence-electron chi connectivity index (χ3n) is 4.39. The van der Waals surface area contributed by atoms with Gasteiger partial charge in [-0.15, -0.1) is 11.3 Å². The largest absolute Gasteiger partial charge is 0.298 e. The second-order valence-corrected chi connectivity index (χ2v) is 8.13. The molecule has 0 aliphatic heterocycles. The Labute approximate surface area is 170 Å². The van der Waals surface area contributed by atoms with Gasteiger partial charge in [0.1, 0.15) is 0 Å². The van der Waals surface area contributed by atoms with Gasteiger partial charge in [-0.3, -0.25) is 10.1 Å². The van der Waals surface area contributed by atoms with Crippen molar-refractivity contribution >= 4 is 49.1 Å². The Bertz CT molecular complexity index is 1110. The number of anilines is 1. The number of halogens is 1. The van der Waals surface area contributed by atoms with Crippen LogP contribution < -0.4 is 5.32 Å². The average molecular weight is 437 g/mol. The SMILES string of the molecule is CCc1sc(NC(=O)c2cccc3ccccc23)nc1-c1ccc(Br)cc1. The number of carbonyl (C=O) groups is 1. The number of thiazole rings is 1. The summed E-state index contributed by atoms with van der Waals surface area (Å²) in [7, 11) is 0. The molecule has 1 amide bonds. The highest BCUT2D eigenvalue weighted by atomic mass is 79.9. The molecule has 0 unspecified atom stereocenters. The Hall–Kier alpha value is -2.50. The van der Waals surface area contributed by atoms with Crippen LogP contribution in [-0.2, 0) is 6.42 Å². The molecule has 4 aromatic rings. The standard InChI is InChI=1S/C22H17BrN2OS/c1-2-19-20(15-10-12-16(23)13-11-15)24-22(27-19)25-21(26)18-9-5-7-14-6-3-4-8-17(14)18/h3-13H,2H2,1H3,(H,24,25,26). The molecular formula is C22H17BrN2OS. The Balaban J connectivity index is 1.66.